The summed E-state index contributed by atoms with van der Waals surface area (Å²) in [5.74, 6) is -0.0272. The minimum absolute atomic E-state index is 0.0272. The summed E-state index contributed by atoms with van der Waals surface area (Å²) in [6, 6.07) is 16.3. The highest BCUT2D eigenvalue weighted by molar-refractivity contribution is 7.82. The van der Waals surface area contributed by atoms with Crippen LogP contribution in [0.1, 0.15) is 86.3 Å². The van der Waals surface area contributed by atoms with E-state index in [1.165, 1.54) is 18.4 Å². The van der Waals surface area contributed by atoms with Gasteiger partial charge in [-0.1, -0.05) is 87.8 Å². The van der Waals surface area contributed by atoms with Crippen LogP contribution in [0.4, 0.5) is 0 Å². The van der Waals surface area contributed by atoms with Crippen molar-refractivity contribution in [1.82, 2.24) is 4.90 Å². The summed E-state index contributed by atoms with van der Waals surface area (Å²) in [5.41, 5.74) is 4.37. The van der Waals surface area contributed by atoms with E-state index in [0.717, 1.165) is 42.5 Å². The highest BCUT2D eigenvalue weighted by Gasteiger charge is 2.48. The van der Waals surface area contributed by atoms with Crippen molar-refractivity contribution < 1.29 is 4.79 Å². The van der Waals surface area contributed by atoms with Gasteiger partial charge in [-0.3, -0.25) is 14.7 Å². The van der Waals surface area contributed by atoms with Crippen LogP contribution in [0.2, 0.25) is 0 Å². The number of carbonyl (C=O) groups is 1. The van der Waals surface area contributed by atoms with Gasteiger partial charge in [0.2, 0.25) is 0 Å². The molecule has 0 bridgehead atoms. The number of thiocarbonyl (C=S) groups is 1. The molecule has 4 rings (SSSR count). The van der Waals surface area contributed by atoms with Crippen molar-refractivity contribution in [3.63, 3.8) is 0 Å². The molecule has 31 heavy (non-hydrogen) atoms. The molecule has 0 unspecified atom stereocenters. The number of benzene rings is 2. The van der Waals surface area contributed by atoms with Gasteiger partial charge < -0.3 is 0 Å². The Bertz CT molecular complexity index is 1020. The van der Waals surface area contributed by atoms with Gasteiger partial charge in [0.1, 0.15) is 16.4 Å². The van der Waals surface area contributed by atoms with E-state index in [1.54, 1.807) is 0 Å². The van der Waals surface area contributed by atoms with E-state index in [9.17, 15) is 4.79 Å². The Morgan fingerprint density at radius 2 is 1.65 bits per heavy atom. The van der Waals surface area contributed by atoms with Crippen LogP contribution in [-0.4, -0.2) is 27.2 Å². The lowest BCUT2D eigenvalue weighted by Crippen LogP contribution is -2.49. The minimum Gasteiger partial charge on any atom is -0.271 e. The zero-order valence-corrected chi connectivity index (χ0v) is 19.9. The van der Waals surface area contributed by atoms with E-state index in [4.69, 9.17) is 17.2 Å². The number of hydrogen-bond acceptors (Lipinski definition) is 3. The number of carbonyl (C=O) groups excluding carboxylic acids is 1. The molecule has 1 spiro atoms. The lowest BCUT2D eigenvalue weighted by molar-refractivity contribution is 0.0691. The minimum atomic E-state index is -0.549. The molecule has 2 aromatic rings. The Morgan fingerprint density at radius 1 is 1.00 bits per heavy atom. The molecule has 3 nitrogen and oxygen atoms in total. The first-order chi connectivity index (χ1) is 14.7. The number of hydrogen-bond donors (Lipinski definition) is 0. The molecule has 0 radical (unpaired) electrons. The fraction of sp³-hybridized carbons (Fsp3) is 0.444. The molecule has 0 saturated heterocycles. The molecular formula is C27H32N2OS. The molecule has 1 aliphatic heterocycles. The van der Waals surface area contributed by atoms with Gasteiger partial charge in [0.05, 0.1) is 0 Å². The van der Waals surface area contributed by atoms with Crippen molar-refractivity contribution in [3.05, 3.63) is 70.8 Å². The van der Waals surface area contributed by atoms with Crippen LogP contribution in [0.3, 0.4) is 0 Å². The summed E-state index contributed by atoms with van der Waals surface area (Å²) in [6.45, 7) is 8.65. The normalized spacial score (nSPS) is 18.8. The van der Waals surface area contributed by atoms with E-state index < -0.39 is 5.66 Å². The van der Waals surface area contributed by atoms with E-state index in [0.29, 0.717) is 10.6 Å². The van der Waals surface area contributed by atoms with Gasteiger partial charge in [-0.15, -0.1) is 0 Å². The van der Waals surface area contributed by atoms with E-state index in [1.807, 2.05) is 36.1 Å². The highest BCUT2D eigenvalue weighted by Crippen LogP contribution is 2.40. The van der Waals surface area contributed by atoms with Crippen LogP contribution >= 0.6 is 12.2 Å². The monoisotopic (exact) mass is 432 g/mol. The smallest absolute Gasteiger partial charge is 0.260 e. The summed E-state index contributed by atoms with van der Waals surface area (Å²) in [5, 5.41) is 0. The second kappa shape index (κ2) is 8.31. The van der Waals surface area contributed by atoms with Gasteiger partial charge in [0, 0.05) is 11.1 Å². The largest absolute Gasteiger partial charge is 0.271 e. The fourth-order valence-electron chi connectivity index (χ4n) is 4.74. The zero-order chi connectivity index (χ0) is 22.2. The Kier molecular flexibility index (Phi) is 5.87. The summed E-state index contributed by atoms with van der Waals surface area (Å²) in [6.07, 6.45) is 6.25. The second-order valence-electron chi connectivity index (χ2n) is 10.00. The molecular weight excluding hydrogens is 400 g/mol. The molecule has 4 heteroatoms. The van der Waals surface area contributed by atoms with Gasteiger partial charge in [-0.05, 0) is 55.7 Å². The summed E-state index contributed by atoms with van der Waals surface area (Å²) in [4.78, 5) is 21.3. The highest BCUT2D eigenvalue weighted by atomic mass is 32.1. The molecule has 0 aromatic heterocycles. The quantitative estimate of drug-likeness (QED) is 0.500. The van der Waals surface area contributed by atoms with Crippen molar-refractivity contribution in [2.45, 2.75) is 77.3 Å². The zero-order valence-electron chi connectivity index (χ0n) is 19.1. The molecule has 0 N–H and O–H groups in total. The van der Waals surface area contributed by atoms with Crippen LogP contribution in [0.5, 0.6) is 0 Å². The standard InChI is InChI=1S/C27H32N2OS/c1-19-10-9-11-21(18-19)24(30)29-25(31)23(28-27(29)16-7-5-6-8-17-27)20-12-14-22(15-13-20)26(2,3)4/h9-15,18H,5-8,16-17H2,1-4H3. The third-order valence-electron chi connectivity index (χ3n) is 6.54. The Balaban J connectivity index is 1.76. The van der Waals surface area contributed by atoms with Crippen LogP contribution in [0.15, 0.2) is 53.5 Å². The molecule has 162 valence electrons. The fourth-order valence-corrected chi connectivity index (χ4v) is 5.15. The molecule has 1 aliphatic carbocycles. The van der Waals surface area contributed by atoms with Crippen LogP contribution < -0.4 is 0 Å². The van der Waals surface area contributed by atoms with Crippen molar-refractivity contribution in [1.29, 1.82) is 0 Å². The third-order valence-corrected chi connectivity index (χ3v) is 6.91. The predicted molar refractivity (Wildman–Crippen MR) is 132 cm³/mol. The van der Waals surface area contributed by atoms with Crippen LogP contribution in [-0.2, 0) is 5.41 Å². The van der Waals surface area contributed by atoms with Gasteiger partial charge in [-0.2, -0.15) is 0 Å². The van der Waals surface area contributed by atoms with Crippen molar-refractivity contribution >= 4 is 28.8 Å². The van der Waals surface area contributed by atoms with Gasteiger partial charge in [0.15, 0.2) is 0 Å². The average molecular weight is 433 g/mol. The summed E-state index contributed by atoms with van der Waals surface area (Å²) >= 11 is 5.93. The van der Waals surface area contributed by atoms with Crippen molar-refractivity contribution in [3.8, 4) is 0 Å². The van der Waals surface area contributed by atoms with E-state index in [2.05, 4.69) is 45.0 Å². The van der Waals surface area contributed by atoms with Gasteiger partial charge in [-0.25, -0.2) is 0 Å². The van der Waals surface area contributed by atoms with Crippen LogP contribution in [0.25, 0.3) is 0 Å². The van der Waals surface area contributed by atoms with Gasteiger partial charge in [0.25, 0.3) is 5.91 Å². The first kappa shape index (κ1) is 21.9. The lowest BCUT2D eigenvalue weighted by atomic mass is 9.86. The predicted octanol–water partition coefficient (Wildman–Crippen LogP) is 6.62. The summed E-state index contributed by atoms with van der Waals surface area (Å²) < 4.78 is 0. The molecule has 0 atom stereocenters. The molecule has 2 aliphatic rings. The van der Waals surface area contributed by atoms with Crippen molar-refractivity contribution in [2.75, 3.05) is 0 Å². The van der Waals surface area contributed by atoms with E-state index in [-0.39, 0.29) is 11.3 Å². The molecule has 2 aromatic carbocycles. The molecule has 1 amide bonds. The third kappa shape index (κ3) is 4.23. The number of nitrogens with zero attached hydrogens (tertiary/aromatic N) is 2. The number of aliphatic imine (C=N–C) groups is 1. The van der Waals surface area contributed by atoms with Gasteiger partial charge >= 0.3 is 0 Å². The Labute approximate surface area is 191 Å². The second-order valence-corrected chi connectivity index (χ2v) is 10.4. The lowest BCUT2D eigenvalue weighted by Gasteiger charge is -2.35. The summed E-state index contributed by atoms with van der Waals surface area (Å²) in [7, 11) is 0. The Morgan fingerprint density at radius 3 is 2.23 bits per heavy atom. The van der Waals surface area contributed by atoms with Crippen molar-refractivity contribution in [2.24, 2.45) is 4.99 Å². The Hall–Kier alpha value is -2.33. The maximum atomic E-state index is 13.7. The first-order valence-corrected chi connectivity index (χ1v) is 11.8. The number of rotatable bonds is 2. The molecule has 1 saturated carbocycles. The maximum Gasteiger partial charge on any atom is 0.260 e. The van der Waals surface area contributed by atoms with Crippen LogP contribution in [0, 0.1) is 6.92 Å². The SMILES string of the molecule is Cc1cccc(C(=O)N2C(=S)C(c3ccc(C(C)(C)C)cc3)=NC23CCCCCC3)c1. The number of amides is 1. The number of aryl methyl sites for hydroxylation is 1. The first-order valence-electron chi connectivity index (χ1n) is 11.4. The van der Waals surface area contributed by atoms with E-state index >= 15 is 0 Å². The molecule has 1 fully saturated rings. The molecule has 1 heterocycles. The average Bonchev–Trinajstić information content (AvgIpc) is 2.86. The topological polar surface area (TPSA) is 32.7 Å². The maximum absolute atomic E-state index is 13.7.